The van der Waals surface area contributed by atoms with Gasteiger partial charge in [-0.25, -0.2) is 4.39 Å². The molecule has 3 N–H and O–H groups in total. The molecule has 1 aromatic rings. The number of benzene rings is 1. The second-order valence-electron chi connectivity index (χ2n) is 10.2. The van der Waals surface area contributed by atoms with Gasteiger partial charge in [0.25, 0.3) is 5.91 Å². The van der Waals surface area contributed by atoms with E-state index < -0.39 is 17.3 Å². The standard InChI is InChI=1S/C26H32FN5O.H2/c1-16-5-8-23(28)32(16)24(29)18-4-3-10-26(2,14-18)30-25(33)21-12-19-15-31(20-6-7-20)11-9-17(19)13-22(21)27;/h3-4,10,12-13,16,20,28-29H,5-9,11,14-15H2,1-2H3,(H,30,33);1H/t16-,26?;/m0./s1. The molecule has 1 aromatic carbocycles. The van der Waals surface area contributed by atoms with E-state index in [-0.39, 0.29) is 13.0 Å². The number of rotatable bonds is 4. The monoisotopic (exact) mass is 451 g/mol. The maximum absolute atomic E-state index is 14.9. The van der Waals surface area contributed by atoms with Crippen molar-refractivity contribution in [1.29, 1.82) is 10.8 Å². The van der Waals surface area contributed by atoms with Crippen molar-refractivity contribution in [3.05, 3.63) is 58.4 Å². The van der Waals surface area contributed by atoms with Gasteiger partial charge in [-0.2, -0.15) is 0 Å². The van der Waals surface area contributed by atoms with Gasteiger partial charge in [-0.05, 0) is 68.4 Å². The zero-order chi connectivity index (χ0) is 23.3. The van der Waals surface area contributed by atoms with E-state index in [4.69, 9.17) is 10.8 Å². The molecule has 0 spiro atoms. The van der Waals surface area contributed by atoms with Gasteiger partial charge in [-0.15, -0.1) is 0 Å². The molecule has 0 bridgehead atoms. The quantitative estimate of drug-likeness (QED) is 0.469. The minimum Gasteiger partial charge on any atom is -0.343 e. The molecule has 0 radical (unpaired) electrons. The number of allylic oxidation sites excluding steroid dienone is 2. The molecular formula is C26H34FN5O. The normalized spacial score (nSPS) is 27.4. The van der Waals surface area contributed by atoms with Gasteiger partial charge in [0.1, 0.15) is 17.5 Å². The van der Waals surface area contributed by atoms with Crippen molar-refractivity contribution in [2.75, 3.05) is 6.54 Å². The fourth-order valence-electron chi connectivity index (χ4n) is 5.36. The Morgan fingerprint density at radius 2 is 2.03 bits per heavy atom. The van der Waals surface area contributed by atoms with E-state index in [1.807, 2.05) is 32.1 Å². The largest absolute Gasteiger partial charge is 0.343 e. The van der Waals surface area contributed by atoms with E-state index >= 15 is 0 Å². The lowest BCUT2D eigenvalue weighted by molar-refractivity contribution is 0.0917. The lowest BCUT2D eigenvalue weighted by Crippen LogP contribution is -2.47. The van der Waals surface area contributed by atoms with E-state index in [1.54, 1.807) is 11.0 Å². The molecule has 2 fully saturated rings. The van der Waals surface area contributed by atoms with Crippen LogP contribution >= 0.6 is 0 Å². The second kappa shape index (κ2) is 8.20. The smallest absolute Gasteiger partial charge is 0.254 e. The topological polar surface area (TPSA) is 83.3 Å². The Hall–Kier alpha value is -2.80. The summed E-state index contributed by atoms with van der Waals surface area (Å²) in [5.74, 6) is -0.126. The van der Waals surface area contributed by atoms with E-state index in [2.05, 4.69) is 10.2 Å². The molecule has 5 rings (SSSR count). The number of likely N-dealkylation sites (tertiary alicyclic amines) is 1. The molecular weight excluding hydrogens is 417 g/mol. The van der Waals surface area contributed by atoms with Crippen LogP contribution in [0.4, 0.5) is 4.39 Å². The second-order valence-corrected chi connectivity index (χ2v) is 10.2. The van der Waals surface area contributed by atoms with Crippen molar-refractivity contribution in [3.63, 3.8) is 0 Å². The van der Waals surface area contributed by atoms with Gasteiger partial charge in [0.2, 0.25) is 0 Å². The lowest BCUT2D eigenvalue weighted by atomic mass is 9.86. The Labute approximate surface area is 196 Å². The summed E-state index contributed by atoms with van der Waals surface area (Å²) in [6, 6.07) is 4.04. The number of carbonyl (C=O) groups is 1. The molecule has 1 unspecified atom stereocenters. The van der Waals surface area contributed by atoms with Crippen LogP contribution in [0.3, 0.4) is 0 Å². The van der Waals surface area contributed by atoms with Crippen LogP contribution in [-0.4, -0.2) is 51.5 Å². The molecule has 2 atom stereocenters. The molecule has 2 aliphatic heterocycles. The summed E-state index contributed by atoms with van der Waals surface area (Å²) in [5.41, 5.74) is 2.17. The highest BCUT2D eigenvalue weighted by molar-refractivity contribution is 6.08. The molecule has 1 saturated heterocycles. The Balaban J connectivity index is 0.00000274. The molecule has 1 saturated carbocycles. The number of hydrogen-bond donors (Lipinski definition) is 3. The van der Waals surface area contributed by atoms with Crippen molar-refractivity contribution in [2.45, 2.75) is 76.5 Å². The van der Waals surface area contributed by atoms with Crippen molar-refractivity contribution < 1.29 is 10.6 Å². The minimum absolute atomic E-state index is 0. The number of amides is 1. The van der Waals surface area contributed by atoms with Crippen LogP contribution in [0.15, 0.2) is 35.9 Å². The molecule has 0 aromatic heterocycles. The SMILES string of the molecule is C[C@H]1CCC(=N)N1C(=N)C1=CC=CC(C)(NC(=O)c2cc3c(cc2F)CCN(C2CC2)C3)C1.[HH]. The molecule has 176 valence electrons. The maximum atomic E-state index is 14.9. The third-order valence-corrected chi connectivity index (χ3v) is 7.43. The summed E-state index contributed by atoms with van der Waals surface area (Å²) < 4.78 is 14.9. The van der Waals surface area contributed by atoms with Crippen LogP contribution in [0, 0.1) is 16.6 Å². The van der Waals surface area contributed by atoms with Gasteiger partial charge in [-0.3, -0.25) is 20.5 Å². The summed E-state index contributed by atoms with van der Waals surface area (Å²) in [4.78, 5) is 17.4. The van der Waals surface area contributed by atoms with Crippen LogP contribution < -0.4 is 5.32 Å². The van der Waals surface area contributed by atoms with Crippen molar-refractivity contribution >= 4 is 17.6 Å². The number of amidine groups is 2. The van der Waals surface area contributed by atoms with Crippen LogP contribution in [0.1, 0.15) is 68.9 Å². The maximum Gasteiger partial charge on any atom is 0.254 e. The third kappa shape index (κ3) is 4.26. The van der Waals surface area contributed by atoms with Gasteiger partial charge in [0.15, 0.2) is 0 Å². The van der Waals surface area contributed by atoms with Crippen LogP contribution in [-0.2, 0) is 13.0 Å². The average Bonchev–Trinajstić information content (AvgIpc) is 3.57. The predicted octanol–water partition coefficient (Wildman–Crippen LogP) is 4.41. The molecule has 2 aliphatic carbocycles. The summed E-state index contributed by atoms with van der Waals surface area (Å²) >= 11 is 0. The molecule has 7 heteroatoms. The van der Waals surface area contributed by atoms with Gasteiger partial charge in [0, 0.05) is 39.4 Å². The molecule has 2 heterocycles. The van der Waals surface area contributed by atoms with Crippen LogP contribution in [0.2, 0.25) is 0 Å². The molecule has 33 heavy (non-hydrogen) atoms. The molecule has 4 aliphatic rings. The van der Waals surface area contributed by atoms with E-state index in [9.17, 15) is 9.18 Å². The van der Waals surface area contributed by atoms with Gasteiger partial charge in [0.05, 0.1) is 11.1 Å². The first-order chi connectivity index (χ1) is 15.7. The minimum atomic E-state index is -0.735. The highest BCUT2D eigenvalue weighted by Gasteiger charge is 2.35. The van der Waals surface area contributed by atoms with Gasteiger partial charge < -0.3 is 10.2 Å². The van der Waals surface area contributed by atoms with Crippen molar-refractivity contribution in [2.24, 2.45) is 0 Å². The number of nitrogens with one attached hydrogen (secondary N) is 3. The van der Waals surface area contributed by atoms with Gasteiger partial charge >= 0.3 is 0 Å². The van der Waals surface area contributed by atoms with E-state index in [0.29, 0.717) is 30.6 Å². The highest BCUT2D eigenvalue weighted by atomic mass is 19.1. The number of carbonyl (C=O) groups excluding carboxylic acids is 1. The molecule has 6 nitrogen and oxygen atoms in total. The van der Waals surface area contributed by atoms with Gasteiger partial charge in [-0.1, -0.05) is 18.2 Å². The summed E-state index contributed by atoms with van der Waals surface area (Å²) in [6.07, 6.45) is 10.9. The van der Waals surface area contributed by atoms with E-state index in [1.165, 1.54) is 18.9 Å². The van der Waals surface area contributed by atoms with Crippen LogP contribution in [0.25, 0.3) is 0 Å². The fraction of sp³-hybridized carbons (Fsp3) is 0.500. The number of fused-ring (bicyclic) bond motifs is 1. The number of nitrogens with zero attached hydrogens (tertiary/aromatic N) is 2. The zero-order valence-corrected chi connectivity index (χ0v) is 19.4. The van der Waals surface area contributed by atoms with Crippen molar-refractivity contribution in [1.82, 2.24) is 15.1 Å². The van der Waals surface area contributed by atoms with Crippen LogP contribution in [0.5, 0.6) is 0 Å². The average molecular weight is 452 g/mol. The first-order valence-corrected chi connectivity index (χ1v) is 12.0. The summed E-state index contributed by atoms with van der Waals surface area (Å²) in [6.45, 7) is 5.66. The Bertz CT molecular complexity index is 1090. The highest BCUT2D eigenvalue weighted by Crippen LogP contribution is 2.33. The van der Waals surface area contributed by atoms with E-state index in [0.717, 1.165) is 42.6 Å². The zero-order valence-electron chi connectivity index (χ0n) is 19.4. The Kier molecular flexibility index (Phi) is 5.47. The number of halogens is 1. The number of hydrogen-bond acceptors (Lipinski definition) is 4. The first kappa shape index (κ1) is 22.0. The molecule has 1 amide bonds. The van der Waals surface area contributed by atoms with Crippen molar-refractivity contribution in [3.8, 4) is 0 Å². The Morgan fingerprint density at radius 3 is 2.73 bits per heavy atom. The summed E-state index contributed by atoms with van der Waals surface area (Å²) in [5, 5.41) is 19.9. The fourth-order valence-corrected chi connectivity index (χ4v) is 5.36. The third-order valence-electron chi connectivity index (χ3n) is 7.43. The predicted molar refractivity (Wildman–Crippen MR) is 129 cm³/mol. The Morgan fingerprint density at radius 1 is 1.24 bits per heavy atom. The summed E-state index contributed by atoms with van der Waals surface area (Å²) in [7, 11) is 0. The lowest BCUT2D eigenvalue weighted by Gasteiger charge is -2.34. The first-order valence-electron chi connectivity index (χ1n) is 12.0.